The number of aromatic nitrogens is 1. The van der Waals surface area contributed by atoms with Crippen LogP contribution in [0.15, 0.2) is 29.4 Å². The van der Waals surface area contributed by atoms with Gasteiger partial charge < -0.3 is 10.4 Å². The number of H-pyrrole nitrogens is 1. The largest absolute Gasteiger partial charge is 0.361 e. The average molecular weight is 223 g/mol. The van der Waals surface area contributed by atoms with Crippen molar-refractivity contribution in [2.24, 2.45) is 10.8 Å². The van der Waals surface area contributed by atoms with E-state index in [1.54, 1.807) is 0 Å². The molecule has 0 amide bonds. The highest BCUT2D eigenvalue weighted by atomic mass is 35.5. The minimum atomic E-state index is 0. The zero-order valence-electron chi connectivity index (χ0n) is 7.95. The molecular weight excluding hydrogens is 212 g/mol. The predicted molar refractivity (Wildman–Crippen MR) is 63.1 cm³/mol. The summed E-state index contributed by atoms with van der Waals surface area (Å²) in [5.41, 5.74) is 6.08. The molecule has 0 radical (unpaired) electrons. The second-order valence-corrected chi connectivity index (χ2v) is 3.35. The summed E-state index contributed by atoms with van der Waals surface area (Å²) in [6.07, 6.45) is 2.00. The van der Waals surface area contributed by atoms with Gasteiger partial charge in [0.25, 0.3) is 0 Å². The molecule has 0 unspecified atom stereocenters. The Kier molecular flexibility index (Phi) is 2.38. The van der Waals surface area contributed by atoms with E-state index in [0.717, 1.165) is 16.9 Å². The summed E-state index contributed by atoms with van der Waals surface area (Å²) in [4.78, 5) is 7.57. The van der Waals surface area contributed by atoms with Crippen molar-refractivity contribution >= 4 is 29.1 Å². The molecule has 2 heterocycles. The number of rotatable bonds is 0. The van der Waals surface area contributed by atoms with Gasteiger partial charge >= 0.3 is 0 Å². The molecule has 0 saturated heterocycles. The highest BCUT2D eigenvalue weighted by Crippen LogP contribution is 2.26. The number of amidine groups is 1. The maximum absolute atomic E-state index is 5.41. The van der Waals surface area contributed by atoms with E-state index >= 15 is 0 Å². The van der Waals surface area contributed by atoms with Gasteiger partial charge in [-0.05, 0) is 11.6 Å². The number of nitrogens with two attached hydrogens (primary N) is 1. The normalized spacial score (nSPS) is 13.3. The van der Waals surface area contributed by atoms with E-state index in [1.807, 2.05) is 18.3 Å². The number of nitrogens with one attached hydrogen (secondary N) is 2. The number of hydrazine groups is 1. The number of hydrogen-bond donors (Lipinski definition) is 3. The topological polar surface area (TPSA) is 66.2 Å². The molecule has 1 aliphatic rings. The van der Waals surface area contributed by atoms with E-state index < -0.39 is 0 Å². The lowest BCUT2D eigenvalue weighted by Crippen LogP contribution is -2.32. The fourth-order valence-corrected chi connectivity index (χ4v) is 1.95. The van der Waals surface area contributed by atoms with Crippen molar-refractivity contribution in [3.63, 3.8) is 0 Å². The van der Waals surface area contributed by atoms with E-state index in [1.165, 1.54) is 10.9 Å². The molecule has 4 nitrogen and oxygen atoms in total. The summed E-state index contributed by atoms with van der Waals surface area (Å²) < 4.78 is 0. The van der Waals surface area contributed by atoms with Gasteiger partial charge in [0.2, 0.25) is 0 Å². The Hall–Kier alpha value is -1.52. The lowest BCUT2D eigenvalue weighted by atomic mass is 10.0. The first kappa shape index (κ1) is 10.0. The number of aromatic amines is 1. The molecule has 1 aliphatic heterocycles. The predicted octanol–water partition coefficient (Wildman–Crippen LogP) is 1.31. The third-order valence-corrected chi connectivity index (χ3v) is 2.59. The Balaban J connectivity index is 0.000000853. The second kappa shape index (κ2) is 3.56. The number of halogens is 1. The summed E-state index contributed by atoms with van der Waals surface area (Å²) in [7, 11) is 0. The van der Waals surface area contributed by atoms with Crippen LogP contribution in [0.2, 0.25) is 0 Å². The zero-order valence-corrected chi connectivity index (χ0v) is 8.77. The molecule has 2 aromatic rings. The van der Waals surface area contributed by atoms with Crippen molar-refractivity contribution in [3.05, 3.63) is 35.5 Å². The van der Waals surface area contributed by atoms with Crippen LogP contribution in [-0.2, 0) is 6.54 Å². The van der Waals surface area contributed by atoms with E-state index in [9.17, 15) is 0 Å². The van der Waals surface area contributed by atoms with Crippen molar-refractivity contribution in [2.45, 2.75) is 6.54 Å². The van der Waals surface area contributed by atoms with Gasteiger partial charge in [-0.1, -0.05) is 12.1 Å². The molecule has 0 fully saturated rings. The van der Waals surface area contributed by atoms with Gasteiger partial charge in [-0.2, -0.15) is 0 Å². The minimum Gasteiger partial charge on any atom is -0.361 e. The first-order chi connectivity index (χ1) is 6.90. The van der Waals surface area contributed by atoms with Gasteiger partial charge in [0.05, 0.1) is 6.54 Å². The third-order valence-electron chi connectivity index (χ3n) is 2.59. The Morgan fingerprint density at radius 1 is 1.40 bits per heavy atom. The molecule has 3 rings (SSSR count). The maximum atomic E-state index is 5.41. The van der Waals surface area contributed by atoms with Crippen LogP contribution in [0.5, 0.6) is 0 Å². The zero-order chi connectivity index (χ0) is 9.54. The molecule has 15 heavy (non-hydrogen) atoms. The van der Waals surface area contributed by atoms with Crippen LogP contribution in [0.1, 0.15) is 11.1 Å². The Bertz CT molecular complexity index is 529. The SMILES string of the molecule is Cl.NNC1=NCc2c[nH]c3cccc1c23. The molecule has 5 heteroatoms. The number of aliphatic imine (C=N–C) groups is 1. The van der Waals surface area contributed by atoms with Crippen LogP contribution in [0.25, 0.3) is 10.9 Å². The fraction of sp³-hybridized carbons (Fsp3) is 0.100. The summed E-state index contributed by atoms with van der Waals surface area (Å²) in [6, 6.07) is 6.08. The van der Waals surface area contributed by atoms with Gasteiger partial charge in [-0.15, -0.1) is 12.4 Å². The molecule has 0 aliphatic carbocycles. The smallest absolute Gasteiger partial charge is 0.143 e. The first-order valence-electron chi connectivity index (χ1n) is 4.50. The Labute approximate surface area is 93.0 Å². The van der Waals surface area contributed by atoms with Crippen molar-refractivity contribution in [3.8, 4) is 0 Å². The van der Waals surface area contributed by atoms with Crippen LogP contribution < -0.4 is 11.3 Å². The summed E-state index contributed by atoms with van der Waals surface area (Å²) in [5.74, 6) is 6.18. The maximum Gasteiger partial charge on any atom is 0.143 e. The lowest BCUT2D eigenvalue weighted by Gasteiger charge is -2.12. The minimum absolute atomic E-state index is 0. The second-order valence-electron chi connectivity index (χ2n) is 3.35. The van der Waals surface area contributed by atoms with Crippen LogP contribution in [0, 0.1) is 0 Å². The van der Waals surface area contributed by atoms with Crippen LogP contribution in [0.4, 0.5) is 0 Å². The lowest BCUT2D eigenvalue weighted by molar-refractivity contribution is 0.969. The standard InChI is InChI=1S/C10H10N4.ClH/c11-14-10-7-2-1-3-8-9(7)6(4-12-8)5-13-10;/h1-4,12H,5,11H2,(H,13,14);1H. The third kappa shape index (κ3) is 1.30. The Morgan fingerprint density at radius 3 is 3.07 bits per heavy atom. The fourth-order valence-electron chi connectivity index (χ4n) is 1.95. The quantitative estimate of drug-likeness (QED) is 0.465. The molecule has 78 valence electrons. The molecule has 1 aromatic carbocycles. The average Bonchev–Trinajstić information content (AvgIpc) is 2.65. The van der Waals surface area contributed by atoms with Crippen LogP contribution in [-0.4, -0.2) is 10.8 Å². The Morgan fingerprint density at radius 2 is 2.27 bits per heavy atom. The van der Waals surface area contributed by atoms with Gasteiger partial charge in [-0.25, -0.2) is 5.84 Å². The van der Waals surface area contributed by atoms with Crippen LogP contribution in [0.3, 0.4) is 0 Å². The molecule has 4 N–H and O–H groups in total. The van der Waals surface area contributed by atoms with Gasteiger partial charge in [0.1, 0.15) is 5.84 Å². The van der Waals surface area contributed by atoms with Gasteiger partial charge in [0.15, 0.2) is 0 Å². The number of benzene rings is 1. The van der Waals surface area contributed by atoms with Crippen molar-refractivity contribution in [2.75, 3.05) is 0 Å². The summed E-state index contributed by atoms with van der Waals surface area (Å²) >= 11 is 0. The molecule has 0 atom stereocenters. The number of hydrogen-bond acceptors (Lipinski definition) is 3. The van der Waals surface area contributed by atoms with Crippen molar-refractivity contribution in [1.29, 1.82) is 0 Å². The molecule has 0 bridgehead atoms. The highest BCUT2D eigenvalue weighted by molar-refractivity contribution is 6.11. The molecule has 0 saturated carbocycles. The van der Waals surface area contributed by atoms with E-state index in [0.29, 0.717) is 6.54 Å². The monoisotopic (exact) mass is 222 g/mol. The van der Waals surface area contributed by atoms with E-state index in [2.05, 4.69) is 21.5 Å². The first-order valence-corrected chi connectivity index (χ1v) is 4.50. The van der Waals surface area contributed by atoms with E-state index in [4.69, 9.17) is 5.84 Å². The molecule has 0 spiro atoms. The molecular formula is C10H11ClN4. The van der Waals surface area contributed by atoms with E-state index in [-0.39, 0.29) is 12.4 Å². The van der Waals surface area contributed by atoms with Crippen LogP contribution >= 0.6 is 12.4 Å². The molecule has 1 aromatic heterocycles. The van der Waals surface area contributed by atoms with Crippen molar-refractivity contribution in [1.82, 2.24) is 10.4 Å². The highest BCUT2D eigenvalue weighted by Gasteiger charge is 2.15. The van der Waals surface area contributed by atoms with Gasteiger partial charge in [-0.3, -0.25) is 4.99 Å². The number of nitrogens with zero attached hydrogens (tertiary/aromatic N) is 1. The summed E-state index contributed by atoms with van der Waals surface area (Å²) in [6.45, 7) is 0.691. The van der Waals surface area contributed by atoms with Gasteiger partial charge in [0, 0.05) is 22.7 Å². The van der Waals surface area contributed by atoms with Crippen molar-refractivity contribution < 1.29 is 0 Å². The summed E-state index contributed by atoms with van der Waals surface area (Å²) in [5, 5.41) is 1.23.